The molecule has 0 radical (unpaired) electrons. The highest BCUT2D eigenvalue weighted by Gasteiger charge is 2.19. The van der Waals surface area contributed by atoms with Crippen molar-refractivity contribution in [1.82, 2.24) is 14.6 Å². The van der Waals surface area contributed by atoms with E-state index in [0.717, 1.165) is 22.8 Å². The summed E-state index contributed by atoms with van der Waals surface area (Å²) in [4.78, 5) is 5.22. The van der Waals surface area contributed by atoms with Crippen LogP contribution in [-0.2, 0) is 12.8 Å². The van der Waals surface area contributed by atoms with E-state index in [9.17, 15) is 5.26 Å². The highest BCUT2D eigenvalue weighted by atomic mass is 32.1. The van der Waals surface area contributed by atoms with E-state index in [1.807, 2.05) is 18.2 Å². The molecule has 0 spiro atoms. The number of furan rings is 1. The standard InChI is InChI=1S/C17H12N4OS/c18-11-13-16(14-7-4-10-22-14)19-17-21(13)20-15(23-17)9-8-12-5-2-1-3-6-12/h1-7,10H,8-9H2. The molecular formula is C17H12N4OS. The third kappa shape index (κ3) is 2.51. The van der Waals surface area contributed by atoms with Crippen LogP contribution in [0.5, 0.6) is 0 Å². The van der Waals surface area contributed by atoms with Crippen molar-refractivity contribution >= 4 is 16.3 Å². The van der Waals surface area contributed by atoms with Crippen molar-refractivity contribution in [1.29, 1.82) is 5.26 Å². The predicted molar refractivity (Wildman–Crippen MR) is 87.1 cm³/mol. The van der Waals surface area contributed by atoms with Gasteiger partial charge in [-0.2, -0.15) is 14.9 Å². The number of aromatic nitrogens is 3. The summed E-state index contributed by atoms with van der Waals surface area (Å²) >= 11 is 1.51. The second-order valence-electron chi connectivity index (χ2n) is 5.07. The summed E-state index contributed by atoms with van der Waals surface area (Å²) in [5, 5.41) is 14.9. The van der Waals surface area contributed by atoms with Gasteiger partial charge < -0.3 is 4.42 Å². The van der Waals surface area contributed by atoms with Crippen LogP contribution in [0.3, 0.4) is 0 Å². The van der Waals surface area contributed by atoms with Crippen LogP contribution in [0, 0.1) is 11.3 Å². The van der Waals surface area contributed by atoms with E-state index in [1.54, 1.807) is 22.9 Å². The van der Waals surface area contributed by atoms with Crippen LogP contribution in [0.15, 0.2) is 53.1 Å². The van der Waals surface area contributed by atoms with Gasteiger partial charge in [-0.15, -0.1) is 0 Å². The van der Waals surface area contributed by atoms with Gasteiger partial charge >= 0.3 is 0 Å². The quantitative estimate of drug-likeness (QED) is 0.575. The summed E-state index contributed by atoms with van der Waals surface area (Å²) in [7, 11) is 0. The number of benzene rings is 1. The molecule has 23 heavy (non-hydrogen) atoms. The van der Waals surface area contributed by atoms with Crippen LogP contribution in [0.4, 0.5) is 0 Å². The number of imidazole rings is 1. The number of hydrogen-bond donors (Lipinski definition) is 0. The second kappa shape index (κ2) is 5.71. The molecule has 0 N–H and O–H groups in total. The molecule has 0 bridgehead atoms. The third-order valence-electron chi connectivity index (χ3n) is 3.58. The molecule has 0 unspecified atom stereocenters. The molecule has 0 aliphatic rings. The Morgan fingerprint density at radius 3 is 2.74 bits per heavy atom. The fraction of sp³-hybridized carbons (Fsp3) is 0.118. The maximum absolute atomic E-state index is 9.43. The van der Waals surface area contributed by atoms with Gasteiger partial charge in [0.15, 0.2) is 11.5 Å². The van der Waals surface area contributed by atoms with Crippen LogP contribution in [0.25, 0.3) is 16.4 Å². The Morgan fingerprint density at radius 1 is 1.13 bits per heavy atom. The van der Waals surface area contributed by atoms with Crippen molar-refractivity contribution in [3.63, 3.8) is 0 Å². The van der Waals surface area contributed by atoms with E-state index in [-0.39, 0.29) is 0 Å². The Bertz CT molecular complexity index is 977. The fourth-order valence-corrected chi connectivity index (χ4v) is 3.36. The average molecular weight is 320 g/mol. The minimum Gasteiger partial charge on any atom is -0.463 e. The van der Waals surface area contributed by atoms with E-state index in [4.69, 9.17) is 4.42 Å². The van der Waals surface area contributed by atoms with Crippen molar-refractivity contribution in [3.8, 4) is 17.5 Å². The number of fused-ring (bicyclic) bond motifs is 1. The molecule has 6 heteroatoms. The largest absolute Gasteiger partial charge is 0.463 e. The Morgan fingerprint density at radius 2 is 2.00 bits per heavy atom. The lowest BCUT2D eigenvalue weighted by Crippen LogP contribution is -1.94. The van der Waals surface area contributed by atoms with Gasteiger partial charge in [-0.05, 0) is 24.1 Å². The van der Waals surface area contributed by atoms with Crippen molar-refractivity contribution in [2.45, 2.75) is 12.8 Å². The first kappa shape index (κ1) is 13.7. The molecule has 0 aliphatic heterocycles. The topological polar surface area (TPSA) is 67.1 Å². The van der Waals surface area contributed by atoms with Crippen LogP contribution in [0.1, 0.15) is 16.3 Å². The molecule has 4 rings (SSSR count). The Kier molecular flexibility index (Phi) is 3.41. The molecule has 0 amide bonds. The minimum absolute atomic E-state index is 0.414. The van der Waals surface area contributed by atoms with Crippen LogP contribution >= 0.6 is 11.3 Å². The first-order valence-corrected chi connectivity index (χ1v) is 8.03. The number of nitrogens with zero attached hydrogens (tertiary/aromatic N) is 4. The van der Waals surface area contributed by atoms with Crippen molar-refractivity contribution in [3.05, 3.63) is 65.0 Å². The zero-order valence-corrected chi connectivity index (χ0v) is 13.0. The molecule has 0 atom stereocenters. The fourth-order valence-electron chi connectivity index (χ4n) is 2.47. The molecule has 112 valence electrons. The maximum Gasteiger partial charge on any atom is 0.214 e. The first-order chi connectivity index (χ1) is 11.3. The van der Waals surface area contributed by atoms with E-state index >= 15 is 0 Å². The summed E-state index contributed by atoms with van der Waals surface area (Å²) in [5.74, 6) is 0.588. The summed E-state index contributed by atoms with van der Waals surface area (Å²) in [6.45, 7) is 0. The van der Waals surface area contributed by atoms with Gasteiger partial charge in [-0.3, -0.25) is 0 Å². The first-order valence-electron chi connectivity index (χ1n) is 7.21. The van der Waals surface area contributed by atoms with Gasteiger partial charge in [0.2, 0.25) is 4.96 Å². The monoisotopic (exact) mass is 320 g/mol. The van der Waals surface area contributed by atoms with Crippen molar-refractivity contribution < 1.29 is 4.42 Å². The summed E-state index contributed by atoms with van der Waals surface area (Å²) in [6, 6.07) is 16.0. The summed E-state index contributed by atoms with van der Waals surface area (Å²) in [6.07, 6.45) is 3.33. The molecule has 0 saturated heterocycles. The van der Waals surface area contributed by atoms with E-state index in [0.29, 0.717) is 17.1 Å². The molecule has 1 aromatic carbocycles. The molecule has 3 aromatic heterocycles. The Balaban J connectivity index is 1.64. The van der Waals surface area contributed by atoms with Gasteiger partial charge in [0.1, 0.15) is 16.8 Å². The molecular weight excluding hydrogens is 308 g/mol. The average Bonchev–Trinajstić information content (AvgIpc) is 3.29. The minimum atomic E-state index is 0.414. The molecule has 5 nitrogen and oxygen atoms in total. The normalized spacial score (nSPS) is 10.9. The highest BCUT2D eigenvalue weighted by Crippen LogP contribution is 2.27. The van der Waals surface area contributed by atoms with E-state index < -0.39 is 0 Å². The molecule has 4 aromatic rings. The second-order valence-corrected chi connectivity index (χ2v) is 6.11. The molecule has 0 fully saturated rings. The SMILES string of the molecule is N#Cc1c(-c2ccco2)nc2sc(CCc3ccccc3)nn12. The van der Waals surface area contributed by atoms with Crippen LogP contribution in [-0.4, -0.2) is 14.6 Å². The number of aryl methyl sites for hydroxylation is 2. The summed E-state index contributed by atoms with van der Waals surface area (Å²) < 4.78 is 6.96. The number of nitriles is 1. The molecule has 0 saturated carbocycles. The van der Waals surface area contributed by atoms with Crippen LogP contribution < -0.4 is 0 Å². The zero-order chi connectivity index (χ0) is 15.6. The van der Waals surface area contributed by atoms with Gasteiger partial charge in [-0.1, -0.05) is 41.7 Å². The van der Waals surface area contributed by atoms with Crippen LogP contribution in [0.2, 0.25) is 0 Å². The van der Waals surface area contributed by atoms with Crippen molar-refractivity contribution in [2.75, 3.05) is 0 Å². The molecule has 3 heterocycles. The lowest BCUT2D eigenvalue weighted by molar-refractivity contribution is 0.580. The van der Waals surface area contributed by atoms with Gasteiger partial charge in [-0.25, -0.2) is 4.98 Å². The highest BCUT2D eigenvalue weighted by molar-refractivity contribution is 7.16. The third-order valence-corrected chi connectivity index (χ3v) is 4.54. The maximum atomic E-state index is 9.43. The number of rotatable bonds is 4. The predicted octanol–water partition coefficient (Wildman–Crippen LogP) is 3.71. The Labute approximate surface area is 136 Å². The zero-order valence-electron chi connectivity index (χ0n) is 12.1. The van der Waals surface area contributed by atoms with E-state index in [2.05, 4.69) is 28.3 Å². The van der Waals surface area contributed by atoms with Gasteiger partial charge in [0.25, 0.3) is 0 Å². The van der Waals surface area contributed by atoms with Gasteiger partial charge in [0, 0.05) is 6.42 Å². The lowest BCUT2D eigenvalue weighted by Gasteiger charge is -1.97. The van der Waals surface area contributed by atoms with Gasteiger partial charge in [0.05, 0.1) is 6.26 Å². The number of hydrogen-bond acceptors (Lipinski definition) is 5. The molecule has 0 aliphatic carbocycles. The smallest absolute Gasteiger partial charge is 0.214 e. The Hall–Kier alpha value is -2.91. The summed E-state index contributed by atoms with van der Waals surface area (Å²) in [5.41, 5.74) is 2.24. The lowest BCUT2D eigenvalue weighted by atomic mass is 10.1. The van der Waals surface area contributed by atoms with Crippen molar-refractivity contribution in [2.24, 2.45) is 0 Å². The van der Waals surface area contributed by atoms with E-state index in [1.165, 1.54) is 16.9 Å².